The van der Waals surface area contributed by atoms with Gasteiger partial charge in [-0.15, -0.1) is 0 Å². The molecule has 0 aliphatic carbocycles. The first-order chi connectivity index (χ1) is 16.4. The van der Waals surface area contributed by atoms with Gasteiger partial charge in [-0.25, -0.2) is 24.3 Å². The number of ether oxygens (including phenoxy) is 1. The Kier molecular flexibility index (Phi) is 5.76. The number of pyridine rings is 2. The molecule has 0 radical (unpaired) electrons. The van der Waals surface area contributed by atoms with Crippen LogP contribution in [0.2, 0.25) is 0 Å². The lowest BCUT2D eigenvalue weighted by Gasteiger charge is -2.37. The first kappa shape index (κ1) is 22.4. The van der Waals surface area contributed by atoms with Crippen LogP contribution in [0.1, 0.15) is 24.1 Å². The summed E-state index contributed by atoms with van der Waals surface area (Å²) < 4.78 is 19.6. The van der Waals surface area contributed by atoms with E-state index in [1.807, 2.05) is 13.0 Å². The van der Waals surface area contributed by atoms with Crippen molar-refractivity contribution in [2.24, 2.45) is 0 Å². The van der Waals surface area contributed by atoms with Gasteiger partial charge in [-0.2, -0.15) is 0 Å². The summed E-state index contributed by atoms with van der Waals surface area (Å²) in [6.07, 6.45) is 7.43. The fraction of sp³-hybridized carbons (Fsp3) is 0.375. The van der Waals surface area contributed by atoms with Crippen LogP contribution in [0.5, 0.6) is 5.88 Å². The van der Waals surface area contributed by atoms with Gasteiger partial charge in [0.05, 0.1) is 30.2 Å². The summed E-state index contributed by atoms with van der Waals surface area (Å²) in [6, 6.07) is 5.52. The van der Waals surface area contributed by atoms with E-state index < -0.39 is 5.82 Å². The molecule has 1 saturated heterocycles. The lowest BCUT2D eigenvalue weighted by molar-refractivity contribution is 0.396. The summed E-state index contributed by atoms with van der Waals surface area (Å²) in [5.41, 5.74) is 3.23. The maximum absolute atomic E-state index is 14.4. The number of fused-ring (bicyclic) bond motifs is 1. The summed E-state index contributed by atoms with van der Waals surface area (Å²) in [7, 11) is 3.28. The summed E-state index contributed by atoms with van der Waals surface area (Å²) in [6.45, 7) is 3.49. The molecule has 0 unspecified atom stereocenters. The number of nitrogens with zero attached hydrogens (tertiary/aromatic N) is 6. The van der Waals surface area contributed by atoms with Crippen LogP contribution in [0, 0.1) is 12.7 Å². The summed E-state index contributed by atoms with van der Waals surface area (Å²) >= 11 is 5.75. The molecule has 8 nitrogen and oxygen atoms in total. The van der Waals surface area contributed by atoms with Crippen molar-refractivity contribution in [3.63, 3.8) is 0 Å². The Morgan fingerprint density at radius 2 is 2.03 bits per heavy atom. The number of halogens is 1. The van der Waals surface area contributed by atoms with Crippen LogP contribution in [0.25, 0.3) is 11.4 Å². The monoisotopic (exact) mass is 479 g/mol. The van der Waals surface area contributed by atoms with Crippen LogP contribution >= 0.6 is 12.2 Å². The maximum Gasteiger partial charge on any atom is 0.215 e. The van der Waals surface area contributed by atoms with Crippen molar-refractivity contribution in [3.8, 4) is 17.3 Å². The Bertz CT molecular complexity index is 1240. The van der Waals surface area contributed by atoms with E-state index in [0.717, 1.165) is 55.6 Å². The number of methoxy groups -OCH3 is 1. The van der Waals surface area contributed by atoms with E-state index >= 15 is 0 Å². The molecule has 3 aromatic heterocycles. The average molecular weight is 480 g/mol. The highest BCUT2D eigenvalue weighted by Crippen LogP contribution is 2.38. The van der Waals surface area contributed by atoms with Gasteiger partial charge in [0, 0.05) is 44.2 Å². The predicted molar refractivity (Wildman–Crippen MR) is 133 cm³/mol. The number of hydrogen-bond acceptors (Lipinski definition) is 7. The van der Waals surface area contributed by atoms with Gasteiger partial charge < -0.3 is 19.9 Å². The number of likely N-dealkylation sites (tertiary alicyclic amines) is 1. The second-order valence-corrected chi connectivity index (χ2v) is 9.16. The van der Waals surface area contributed by atoms with Crippen molar-refractivity contribution in [2.45, 2.75) is 31.7 Å². The molecule has 0 amide bonds. The molecule has 176 valence electrons. The Labute approximate surface area is 203 Å². The number of hydrogen-bond donors (Lipinski definition) is 1. The fourth-order valence-electron chi connectivity index (χ4n) is 4.73. The number of aromatic nitrogens is 4. The van der Waals surface area contributed by atoms with Crippen LogP contribution in [0.3, 0.4) is 0 Å². The second-order valence-electron chi connectivity index (χ2n) is 8.80. The van der Waals surface area contributed by atoms with Crippen LogP contribution < -0.4 is 15.0 Å². The smallest absolute Gasteiger partial charge is 0.215 e. The number of anilines is 2. The Morgan fingerprint density at radius 1 is 1.24 bits per heavy atom. The van der Waals surface area contributed by atoms with E-state index in [1.54, 1.807) is 30.4 Å². The van der Waals surface area contributed by atoms with Crippen molar-refractivity contribution in [1.29, 1.82) is 0 Å². The molecular formula is C24H26FN7OS. The van der Waals surface area contributed by atoms with Crippen molar-refractivity contribution in [3.05, 3.63) is 53.9 Å². The van der Waals surface area contributed by atoms with E-state index in [2.05, 4.69) is 31.2 Å². The maximum atomic E-state index is 14.4. The number of nitrogens with one attached hydrogen (secondary N) is 1. The van der Waals surface area contributed by atoms with Crippen LogP contribution in [-0.4, -0.2) is 62.7 Å². The van der Waals surface area contributed by atoms with Crippen LogP contribution in [0.15, 0.2) is 36.8 Å². The molecule has 1 atom stereocenters. The first-order valence-corrected chi connectivity index (χ1v) is 11.6. The molecule has 3 aromatic rings. The lowest BCUT2D eigenvalue weighted by atomic mass is 9.86. The molecule has 5 heterocycles. The molecule has 1 fully saturated rings. The van der Waals surface area contributed by atoms with Crippen molar-refractivity contribution in [2.75, 3.05) is 37.5 Å². The normalized spacial score (nSPS) is 19.0. The average Bonchev–Trinajstić information content (AvgIpc) is 3.26. The highest BCUT2D eigenvalue weighted by Gasteiger charge is 2.42. The molecule has 5 rings (SSSR count). The minimum absolute atomic E-state index is 0.128. The lowest BCUT2D eigenvalue weighted by Crippen LogP contribution is -2.47. The zero-order valence-corrected chi connectivity index (χ0v) is 20.2. The third-order valence-corrected chi connectivity index (χ3v) is 7.18. The number of thiocarbonyl (C=S) groups is 1. The molecule has 34 heavy (non-hydrogen) atoms. The molecule has 2 aliphatic heterocycles. The van der Waals surface area contributed by atoms with Crippen LogP contribution in [0.4, 0.5) is 15.9 Å². The third-order valence-electron chi connectivity index (χ3n) is 6.65. The van der Waals surface area contributed by atoms with Gasteiger partial charge in [0.15, 0.2) is 16.8 Å². The predicted octanol–water partition coefficient (Wildman–Crippen LogP) is 3.61. The molecule has 2 aliphatic rings. The van der Waals surface area contributed by atoms with E-state index in [9.17, 15) is 4.39 Å². The molecule has 1 N–H and O–H groups in total. The summed E-state index contributed by atoms with van der Waals surface area (Å²) in [4.78, 5) is 21.3. The highest BCUT2D eigenvalue weighted by atomic mass is 32.1. The second kappa shape index (κ2) is 8.75. The van der Waals surface area contributed by atoms with Gasteiger partial charge in [-0.05, 0) is 56.1 Å². The van der Waals surface area contributed by atoms with Crippen molar-refractivity contribution < 1.29 is 9.13 Å². The Morgan fingerprint density at radius 3 is 2.79 bits per heavy atom. The SMILES string of the molecule is COc1cc(N(C)C(=S)N2CC[C@@]3(CCc4cc(-c5ncccn5)c(C)nc4N3)C2)c(F)cn1. The van der Waals surface area contributed by atoms with E-state index in [1.165, 1.54) is 12.7 Å². The summed E-state index contributed by atoms with van der Waals surface area (Å²) in [5.74, 6) is 1.50. The van der Waals surface area contributed by atoms with Crippen LogP contribution in [-0.2, 0) is 6.42 Å². The molecule has 0 saturated carbocycles. The molecule has 0 bridgehead atoms. The Balaban J connectivity index is 1.33. The van der Waals surface area contributed by atoms with Gasteiger partial charge in [0.25, 0.3) is 0 Å². The molecular weight excluding hydrogens is 453 g/mol. The van der Waals surface area contributed by atoms with Crippen molar-refractivity contribution >= 4 is 28.8 Å². The molecule has 0 aromatic carbocycles. The fourth-order valence-corrected chi connectivity index (χ4v) is 4.99. The standard InChI is InChI=1S/C24H26FN7OS/c1-15-17(22-26-8-4-9-27-22)11-16-5-6-24(30-21(16)29-15)7-10-32(14-24)23(34)31(2)19-12-20(33-3)28-13-18(19)25/h4,8-9,11-13H,5-7,10,14H2,1-3H3,(H,29,30)/t24-/m0/s1. The largest absolute Gasteiger partial charge is 0.481 e. The van der Waals surface area contributed by atoms with Gasteiger partial charge >= 0.3 is 0 Å². The Hall–Kier alpha value is -3.40. The van der Waals surface area contributed by atoms with Crippen molar-refractivity contribution in [1.82, 2.24) is 24.8 Å². The number of aryl methyl sites for hydroxylation is 2. The quantitative estimate of drug-likeness (QED) is 0.567. The van der Waals surface area contributed by atoms with Gasteiger partial charge in [-0.1, -0.05) is 0 Å². The van der Waals surface area contributed by atoms with E-state index in [4.69, 9.17) is 21.9 Å². The first-order valence-electron chi connectivity index (χ1n) is 11.2. The van der Waals surface area contributed by atoms with Gasteiger partial charge in [0.1, 0.15) is 5.82 Å². The van der Waals surface area contributed by atoms with E-state index in [0.29, 0.717) is 22.5 Å². The van der Waals surface area contributed by atoms with Gasteiger partial charge in [-0.3, -0.25) is 0 Å². The minimum Gasteiger partial charge on any atom is -0.481 e. The molecule has 1 spiro atoms. The zero-order chi connectivity index (χ0) is 23.9. The zero-order valence-electron chi connectivity index (χ0n) is 19.4. The number of rotatable bonds is 3. The third kappa shape index (κ3) is 4.02. The highest BCUT2D eigenvalue weighted by molar-refractivity contribution is 7.80. The van der Waals surface area contributed by atoms with Gasteiger partial charge in [0.2, 0.25) is 5.88 Å². The molecule has 10 heteroatoms. The minimum atomic E-state index is -0.442. The summed E-state index contributed by atoms with van der Waals surface area (Å²) in [5, 5.41) is 4.28. The topological polar surface area (TPSA) is 79.3 Å². The van der Waals surface area contributed by atoms with E-state index in [-0.39, 0.29) is 5.54 Å².